The van der Waals surface area contributed by atoms with E-state index in [2.05, 4.69) is 0 Å². The van der Waals surface area contributed by atoms with Crippen LogP contribution in [0.25, 0.3) is 0 Å². The van der Waals surface area contributed by atoms with Gasteiger partial charge in [0, 0.05) is 5.56 Å². The summed E-state index contributed by atoms with van der Waals surface area (Å²) in [5, 5.41) is 8.91. The van der Waals surface area contributed by atoms with Gasteiger partial charge in [0.2, 0.25) is 0 Å². The van der Waals surface area contributed by atoms with E-state index >= 15 is 0 Å². The van der Waals surface area contributed by atoms with Gasteiger partial charge in [-0.25, -0.2) is 9.59 Å². The molecule has 1 N–H and O–H groups in total. The number of hydrogen-bond acceptors (Lipinski definition) is 5. The maximum absolute atomic E-state index is 11.6. The minimum atomic E-state index is -1.21. The van der Waals surface area contributed by atoms with Gasteiger partial charge in [0.05, 0.1) is 5.56 Å². The first-order valence-corrected chi connectivity index (χ1v) is 6.75. The highest BCUT2D eigenvalue weighted by Crippen LogP contribution is 2.17. The Hall–Kier alpha value is -3.15. The van der Waals surface area contributed by atoms with Crippen LogP contribution in [0.5, 0.6) is 5.75 Å². The summed E-state index contributed by atoms with van der Waals surface area (Å²) in [5.41, 5.74) is 0.710. The molecule has 0 saturated heterocycles. The first kappa shape index (κ1) is 16.2. The minimum Gasteiger partial charge on any atom is -0.482 e. The summed E-state index contributed by atoms with van der Waals surface area (Å²) in [6, 6.07) is 13.1. The van der Waals surface area contributed by atoms with Crippen molar-refractivity contribution in [3.05, 3.63) is 65.2 Å². The zero-order valence-corrected chi connectivity index (χ0v) is 12.1. The van der Waals surface area contributed by atoms with Gasteiger partial charge in [-0.3, -0.25) is 4.79 Å². The number of aromatic carboxylic acids is 1. The molecule has 0 amide bonds. The third kappa shape index (κ3) is 4.67. The molecule has 0 radical (unpaired) electrons. The molecule has 0 aliphatic rings. The highest BCUT2D eigenvalue weighted by molar-refractivity contribution is 5.97. The molecule has 0 unspecified atom stereocenters. The van der Waals surface area contributed by atoms with E-state index in [0.29, 0.717) is 6.29 Å². The van der Waals surface area contributed by atoms with E-state index in [4.69, 9.17) is 14.6 Å². The quantitative estimate of drug-likeness (QED) is 0.623. The van der Waals surface area contributed by atoms with Crippen molar-refractivity contribution in [2.75, 3.05) is 6.61 Å². The summed E-state index contributed by atoms with van der Waals surface area (Å²) >= 11 is 0. The zero-order valence-electron chi connectivity index (χ0n) is 12.1. The molecular weight excluding hydrogens is 300 g/mol. The summed E-state index contributed by atoms with van der Waals surface area (Å²) < 4.78 is 10.2. The van der Waals surface area contributed by atoms with Gasteiger partial charge in [-0.05, 0) is 23.8 Å². The molecule has 2 aromatic rings. The topological polar surface area (TPSA) is 89.9 Å². The molecule has 0 heterocycles. The summed E-state index contributed by atoms with van der Waals surface area (Å²) in [6.45, 7) is -0.196. The molecule has 0 aliphatic carbocycles. The molecule has 2 rings (SSSR count). The number of aldehydes is 1. The first-order chi connectivity index (χ1) is 11.1. The van der Waals surface area contributed by atoms with Crippen molar-refractivity contribution in [2.24, 2.45) is 0 Å². The van der Waals surface area contributed by atoms with Crippen LogP contribution >= 0.6 is 0 Å². The number of carbonyl (C=O) groups excluding carboxylic acids is 2. The van der Waals surface area contributed by atoms with Crippen LogP contribution in [0, 0.1) is 0 Å². The number of carbonyl (C=O) groups is 3. The summed E-state index contributed by atoms with van der Waals surface area (Å²) in [5.74, 6) is -1.56. The standard InChI is InChI=1S/C17H14O6/c18-9-13-8-14(6-7-15(13)17(20)21)22-11-16(19)23-10-12-4-2-1-3-5-12/h1-9H,10-11H2,(H,20,21). The van der Waals surface area contributed by atoms with Crippen molar-refractivity contribution in [2.45, 2.75) is 6.61 Å². The molecule has 118 valence electrons. The van der Waals surface area contributed by atoms with E-state index in [9.17, 15) is 14.4 Å². The van der Waals surface area contributed by atoms with Crippen LogP contribution in [0.15, 0.2) is 48.5 Å². The maximum Gasteiger partial charge on any atom is 0.344 e. The Balaban J connectivity index is 1.89. The van der Waals surface area contributed by atoms with Gasteiger partial charge in [0.1, 0.15) is 12.4 Å². The van der Waals surface area contributed by atoms with Crippen LogP contribution < -0.4 is 4.74 Å². The molecule has 0 spiro atoms. The molecule has 0 atom stereocenters. The molecule has 2 aromatic carbocycles. The Morgan fingerprint density at radius 1 is 1.09 bits per heavy atom. The number of hydrogen-bond donors (Lipinski definition) is 1. The number of ether oxygens (including phenoxy) is 2. The van der Waals surface area contributed by atoms with E-state index in [1.54, 1.807) is 0 Å². The number of carboxylic acid groups (broad SMARTS) is 1. The lowest BCUT2D eigenvalue weighted by Gasteiger charge is -2.08. The lowest BCUT2D eigenvalue weighted by atomic mass is 10.1. The fraction of sp³-hybridized carbons (Fsp3) is 0.118. The Morgan fingerprint density at radius 3 is 2.48 bits per heavy atom. The maximum atomic E-state index is 11.6. The van der Waals surface area contributed by atoms with Crippen LogP contribution in [0.1, 0.15) is 26.3 Å². The monoisotopic (exact) mass is 314 g/mol. The molecule has 0 saturated carbocycles. The number of rotatable bonds is 7. The van der Waals surface area contributed by atoms with Crippen LogP contribution in [-0.2, 0) is 16.1 Å². The van der Waals surface area contributed by atoms with Crippen LogP contribution in [-0.4, -0.2) is 29.9 Å². The van der Waals surface area contributed by atoms with Gasteiger partial charge in [-0.2, -0.15) is 0 Å². The Morgan fingerprint density at radius 2 is 1.83 bits per heavy atom. The highest BCUT2D eigenvalue weighted by atomic mass is 16.6. The fourth-order valence-electron chi connectivity index (χ4n) is 1.84. The predicted molar refractivity (Wildman–Crippen MR) is 80.5 cm³/mol. The molecule has 6 nitrogen and oxygen atoms in total. The molecule has 0 aromatic heterocycles. The largest absolute Gasteiger partial charge is 0.482 e. The highest BCUT2D eigenvalue weighted by Gasteiger charge is 2.11. The first-order valence-electron chi connectivity index (χ1n) is 6.75. The second-order valence-electron chi connectivity index (χ2n) is 4.61. The molecule has 0 bridgehead atoms. The Bertz CT molecular complexity index is 708. The smallest absolute Gasteiger partial charge is 0.344 e. The van der Waals surface area contributed by atoms with E-state index in [0.717, 1.165) is 5.56 Å². The van der Waals surface area contributed by atoms with Gasteiger partial charge in [-0.15, -0.1) is 0 Å². The van der Waals surface area contributed by atoms with Crippen molar-refractivity contribution in [3.8, 4) is 5.75 Å². The third-order valence-corrected chi connectivity index (χ3v) is 2.98. The number of benzene rings is 2. The Labute approximate surface area is 132 Å². The van der Waals surface area contributed by atoms with Crippen molar-refractivity contribution >= 4 is 18.2 Å². The van der Waals surface area contributed by atoms with Crippen molar-refractivity contribution < 1.29 is 29.0 Å². The van der Waals surface area contributed by atoms with Crippen molar-refractivity contribution in [3.63, 3.8) is 0 Å². The van der Waals surface area contributed by atoms with Gasteiger partial charge < -0.3 is 14.6 Å². The van der Waals surface area contributed by atoms with Gasteiger partial charge >= 0.3 is 11.9 Å². The van der Waals surface area contributed by atoms with E-state index in [1.165, 1.54) is 18.2 Å². The van der Waals surface area contributed by atoms with Gasteiger partial charge in [0.15, 0.2) is 12.9 Å². The van der Waals surface area contributed by atoms with E-state index in [1.807, 2.05) is 30.3 Å². The average Bonchev–Trinajstić information content (AvgIpc) is 2.58. The van der Waals surface area contributed by atoms with Crippen molar-refractivity contribution in [1.29, 1.82) is 0 Å². The number of esters is 1. The normalized spacial score (nSPS) is 9.91. The lowest BCUT2D eigenvalue weighted by Crippen LogP contribution is -2.15. The fourth-order valence-corrected chi connectivity index (χ4v) is 1.84. The second-order valence-corrected chi connectivity index (χ2v) is 4.61. The molecule has 0 aliphatic heterocycles. The predicted octanol–water partition coefficient (Wildman–Crippen LogP) is 2.32. The summed E-state index contributed by atoms with van der Waals surface area (Å²) in [4.78, 5) is 33.4. The summed E-state index contributed by atoms with van der Waals surface area (Å²) in [6.07, 6.45) is 0.421. The molecular formula is C17H14O6. The minimum absolute atomic E-state index is 0.0207. The van der Waals surface area contributed by atoms with Gasteiger partial charge in [0.25, 0.3) is 0 Å². The lowest BCUT2D eigenvalue weighted by molar-refractivity contribution is -0.147. The van der Waals surface area contributed by atoms with E-state index < -0.39 is 11.9 Å². The summed E-state index contributed by atoms with van der Waals surface area (Å²) in [7, 11) is 0. The average molecular weight is 314 g/mol. The van der Waals surface area contributed by atoms with Crippen molar-refractivity contribution in [1.82, 2.24) is 0 Å². The third-order valence-electron chi connectivity index (χ3n) is 2.98. The SMILES string of the molecule is O=Cc1cc(OCC(=O)OCc2ccccc2)ccc1C(=O)O. The van der Waals surface area contributed by atoms with Crippen LogP contribution in [0.3, 0.4) is 0 Å². The van der Waals surface area contributed by atoms with Gasteiger partial charge in [-0.1, -0.05) is 30.3 Å². The second kappa shape index (κ2) is 7.74. The molecule has 6 heteroatoms. The Kier molecular flexibility index (Phi) is 5.46. The van der Waals surface area contributed by atoms with E-state index in [-0.39, 0.29) is 30.1 Å². The molecule has 23 heavy (non-hydrogen) atoms. The zero-order chi connectivity index (χ0) is 16.7. The number of carboxylic acids is 1. The molecule has 0 fully saturated rings. The van der Waals surface area contributed by atoms with Crippen LogP contribution in [0.4, 0.5) is 0 Å². The van der Waals surface area contributed by atoms with Crippen LogP contribution in [0.2, 0.25) is 0 Å².